The highest BCUT2D eigenvalue weighted by Gasteiger charge is 2.48. The SMILES string of the molecule is CCC(CC)C1OC1c1ncn(C(c2ccccc2)(c2ccccc2)c2ccccc2)n1. The maximum Gasteiger partial charge on any atom is 0.182 e. The molecule has 2 unspecified atom stereocenters. The molecule has 0 radical (unpaired) electrons. The van der Waals surface area contributed by atoms with Gasteiger partial charge in [0.2, 0.25) is 0 Å². The number of aromatic nitrogens is 3. The van der Waals surface area contributed by atoms with Crippen molar-refractivity contribution < 1.29 is 4.74 Å². The average molecular weight is 424 g/mol. The lowest BCUT2D eigenvalue weighted by atomic mass is 9.77. The van der Waals surface area contributed by atoms with Crippen LogP contribution in [-0.4, -0.2) is 20.9 Å². The third-order valence-corrected chi connectivity index (χ3v) is 6.72. The van der Waals surface area contributed by atoms with Crippen LogP contribution < -0.4 is 0 Å². The van der Waals surface area contributed by atoms with Gasteiger partial charge in [-0.05, 0) is 22.6 Å². The Bertz CT molecular complexity index is 1040. The van der Waals surface area contributed by atoms with Crippen LogP contribution in [0.15, 0.2) is 97.3 Å². The highest BCUT2D eigenvalue weighted by molar-refractivity contribution is 5.50. The summed E-state index contributed by atoms with van der Waals surface area (Å²) in [5, 5.41) is 5.06. The minimum absolute atomic E-state index is 0.0128. The van der Waals surface area contributed by atoms with E-state index in [1.54, 1.807) is 0 Å². The molecule has 0 bridgehead atoms. The lowest BCUT2D eigenvalue weighted by molar-refractivity contribution is 0.303. The van der Waals surface area contributed by atoms with Gasteiger partial charge in [-0.1, -0.05) is 118 Å². The number of nitrogens with zero attached hydrogens (tertiary/aromatic N) is 3. The molecule has 0 spiro atoms. The predicted octanol–water partition coefficient (Wildman–Crippen LogP) is 5.99. The normalized spacial score (nSPS) is 18.1. The first-order valence-electron chi connectivity index (χ1n) is 11.5. The third kappa shape index (κ3) is 3.45. The van der Waals surface area contributed by atoms with Gasteiger partial charge in [-0.25, -0.2) is 9.67 Å². The second-order valence-electron chi connectivity index (χ2n) is 8.45. The Labute approximate surface area is 189 Å². The quantitative estimate of drug-likeness (QED) is 0.258. The van der Waals surface area contributed by atoms with Crippen LogP contribution in [0.5, 0.6) is 0 Å². The van der Waals surface area contributed by atoms with E-state index in [9.17, 15) is 0 Å². The number of rotatable bonds is 8. The molecule has 5 rings (SSSR count). The summed E-state index contributed by atoms with van der Waals surface area (Å²) >= 11 is 0. The standard InChI is InChI=1S/C28H29N3O/c1-3-21(4-2)25-26(32-25)27-29-20-31(30-27)28(22-14-8-5-9-15-22,23-16-10-6-11-17-23)24-18-12-7-13-19-24/h5-21,25-26H,3-4H2,1-2H3. The molecule has 1 fully saturated rings. The van der Waals surface area contributed by atoms with Gasteiger partial charge >= 0.3 is 0 Å². The molecule has 4 aromatic rings. The van der Waals surface area contributed by atoms with Crippen LogP contribution in [0, 0.1) is 5.92 Å². The van der Waals surface area contributed by atoms with Crippen LogP contribution >= 0.6 is 0 Å². The molecule has 3 aromatic carbocycles. The highest BCUT2D eigenvalue weighted by atomic mass is 16.6. The van der Waals surface area contributed by atoms with Gasteiger partial charge in [0.15, 0.2) is 5.82 Å². The maximum absolute atomic E-state index is 6.05. The number of ether oxygens (including phenoxy) is 1. The summed E-state index contributed by atoms with van der Waals surface area (Å²) in [6, 6.07) is 31.7. The first kappa shape index (κ1) is 20.7. The lowest BCUT2D eigenvalue weighted by Crippen LogP contribution is -2.38. The minimum Gasteiger partial charge on any atom is -0.361 e. The summed E-state index contributed by atoms with van der Waals surface area (Å²) in [5.74, 6) is 1.32. The average Bonchev–Trinajstić information content (AvgIpc) is 3.49. The zero-order chi connectivity index (χ0) is 22.0. The Morgan fingerprint density at radius 3 is 1.69 bits per heavy atom. The van der Waals surface area contributed by atoms with Gasteiger partial charge in [-0.2, -0.15) is 5.10 Å². The van der Waals surface area contributed by atoms with Crippen molar-refractivity contribution in [2.24, 2.45) is 5.92 Å². The molecule has 1 saturated heterocycles. The maximum atomic E-state index is 6.05. The van der Waals surface area contributed by atoms with Crippen molar-refractivity contribution >= 4 is 0 Å². The van der Waals surface area contributed by atoms with Gasteiger partial charge in [0.25, 0.3) is 0 Å². The molecule has 162 valence electrons. The van der Waals surface area contributed by atoms with Crippen LogP contribution in [0.1, 0.15) is 55.3 Å². The van der Waals surface area contributed by atoms with Crippen LogP contribution in [0.3, 0.4) is 0 Å². The molecule has 0 N–H and O–H groups in total. The fraction of sp³-hybridized carbons (Fsp3) is 0.286. The van der Waals surface area contributed by atoms with Crippen molar-refractivity contribution in [2.45, 2.75) is 44.4 Å². The molecule has 0 saturated carbocycles. The summed E-state index contributed by atoms with van der Waals surface area (Å²) < 4.78 is 8.07. The van der Waals surface area contributed by atoms with E-state index in [1.165, 1.54) is 0 Å². The van der Waals surface area contributed by atoms with Gasteiger partial charge in [0.05, 0.1) is 6.10 Å². The van der Waals surface area contributed by atoms with Crippen LogP contribution in [0.25, 0.3) is 0 Å². The Morgan fingerprint density at radius 1 is 0.781 bits per heavy atom. The summed E-state index contributed by atoms with van der Waals surface area (Å²) in [7, 11) is 0. The van der Waals surface area contributed by atoms with Crippen LogP contribution in [-0.2, 0) is 10.3 Å². The van der Waals surface area contributed by atoms with Crippen molar-refractivity contribution in [3.8, 4) is 0 Å². The van der Waals surface area contributed by atoms with Crippen molar-refractivity contribution in [1.82, 2.24) is 14.8 Å². The number of hydrogen-bond donors (Lipinski definition) is 0. The molecule has 0 amide bonds. The van der Waals surface area contributed by atoms with Crippen molar-refractivity contribution in [3.63, 3.8) is 0 Å². The first-order valence-corrected chi connectivity index (χ1v) is 11.5. The summed E-state index contributed by atoms with van der Waals surface area (Å²) in [5.41, 5.74) is 2.79. The second kappa shape index (κ2) is 8.71. The number of hydrogen-bond acceptors (Lipinski definition) is 3. The van der Waals surface area contributed by atoms with Gasteiger partial charge in [-0.3, -0.25) is 0 Å². The van der Waals surface area contributed by atoms with Crippen LogP contribution in [0.4, 0.5) is 0 Å². The van der Waals surface area contributed by atoms with Crippen molar-refractivity contribution in [1.29, 1.82) is 0 Å². The molecule has 4 nitrogen and oxygen atoms in total. The molecule has 0 aliphatic carbocycles. The fourth-order valence-electron chi connectivity index (χ4n) is 4.95. The van der Waals surface area contributed by atoms with Gasteiger partial charge in [0, 0.05) is 0 Å². The molecule has 2 heterocycles. The van der Waals surface area contributed by atoms with E-state index in [-0.39, 0.29) is 12.2 Å². The topological polar surface area (TPSA) is 43.2 Å². The molecular formula is C28H29N3O. The van der Waals surface area contributed by atoms with E-state index in [0.29, 0.717) is 5.92 Å². The van der Waals surface area contributed by atoms with Crippen LogP contribution in [0.2, 0.25) is 0 Å². The molecule has 4 heteroatoms. The third-order valence-electron chi connectivity index (χ3n) is 6.72. The minimum atomic E-state index is -0.631. The van der Waals surface area contributed by atoms with E-state index in [2.05, 4.69) is 105 Å². The Balaban J connectivity index is 1.68. The number of epoxide rings is 1. The largest absolute Gasteiger partial charge is 0.361 e. The van der Waals surface area contributed by atoms with E-state index in [0.717, 1.165) is 35.4 Å². The summed E-state index contributed by atoms with van der Waals surface area (Å²) in [4.78, 5) is 4.75. The van der Waals surface area contributed by atoms with E-state index in [4.69, 9.17) is 14.8 Å². The summed E-state index contributed by atoms with van der Waals surface area (Å²) in [6.45, 7) is 4.45. The molecule has 1 aromatic heterocycles. The highest BCUT2D eigenvalue weighted by Crippen LogP contribution is 2.45. The predicted molar refractivity (Wildman–Crippen MR) is 126 cm³/mol. The smallest absolute Gasteiger partial charge is 0.182 e. The molecule has 1 aliphatic heterocycles. The Kier molecular flexibility index (Phi) is 5.62. The molecule has 32 heavy (non-hydrogen) atoms. The zero-order valence-electron chi connectivity index (χ0n) is 18.6. The Morgan fingerprint density at radius 2 is 1.25 bits per heavy atom. The van der Waals surface area contributed by atoms with Gasteiger partial charge in [0.1, 0.15) is 18.0 Å². The Hall–Kier alpha value is -3.24. The van der Waals surface area contributed by atoms with E-state index >= 15 is 0 Å². The van der Waals surface area contributed by atoms with Gasteiger partial charge in [-0.15, -0.1) is 0 Å². The van der Waals surface area contributed by atoms with Gasteiger partial charge < -0.3 is 4.74 Å². The molecule has 2 atom stereocenters. The number of benzene rings is 3. The lowest BCUT2D eigenvalue weighted by Gasteiger charge is -2.35. The second-order valence-corrected chi connectivity index (χ2v) is 8.45. The molecule has 1 aliphatic rings. The van der Waals surface area contributed by atoms with E-state index < -0.39 is 5.54 Å². The fourth-order valence-corrected chi connectivity index (χ4v) is 4.95. The monoisotopic (exact) mass is 423 g/mol. The first-order chi connectivity index (χ1) is 15.8. The van der Waals surface area contributed by atoms with Crippen molar-refractivity contribution in [3.05, 3.63) is 120 Å². The molecular weight excluding hydrogens is 394 g/mol. The van der Waals surface area contributed by atoms with Crippen molar-refractivity contribution in [2.75, 3.05) is 0 Å². The zero-order valence-corrected chi connectivity index (χ0v) is 18.6. The van der Waals surface area contributed by atoms with E-state index in [1.807, 2.05) is 11.0 Å². The summed E-state index contributed by atoms with van der Waals surface area (Å²) in [6.07, 6.45) is 4.30.